The minimum absolute atomic E-state index is 0.0625. The quantitative estimate of drug-likeness (QED) is 0.736. The van der Waals surface area contributed by atoms with Crippen LogP contribution in [0.15, 0.2) is 6.33 Å². The predicted octanol–water partition coefficient (Wildman–Crippen LogP) is 1.86. The van der Waals surface area contributed by atoms with Gasteiger partial charge in [0.2, 0.25) is 17.0 Å². The lowest BCUT2D eigenvalue weighted by Gasteiger charge is -2.29. The molecule has 94 valence electrons. The summed E-state index contributed by atoms with van der Waals surface area (Å²) in [5.74, 6) is 1.25. The number of nitrogens with one attached hydrogen (secondary N) is 1. The van der Waals surface area contributed by atoms with Crippen LogP contribution in [0.25, 0.3) is 10.2 Å². The van der Waals surface area contributed by atoms with E-state index in [1.807, 2.05) is 6.33 Å². The molecule has 0 fully saturated rings. The van der Waals surface area contributed by atoms with Crippen LogP contribution in [0.2, 0.25) is 0 Å². The second kappa shape index (κ2) is 3.42. The molecule has 0 atom stereocenters. The van der Waals surface area contributed by atoms with Crippen LogP contribution in [-0.4, -0.2) is 17.1 Å². The fraction of sp³-hybridized carbons (Fsp3) is 0.538. The Morgan fingerprint density at radius 2 is 2.39 bits per heavy atom. The maximum atomic E-state index is 5.90. The van der Waals surface area contributed by atoms with Crippen molar-refractivity contribution in [3.63, 3.8) is 0 Å². The number of hydrogen-bond donors (Lipinski definition) is 1. The molecule has 5 heteroatoms. The number of rotatable bonds is 0. The van der Waals surface area contributed by atoms with Crippen LogP contribution in [-0.2, 0) is 24.3 Å². The molecule has 0 bridgehead atoms. The molecule has 0 saturated carbocycles. The summed E-state index contributed by atoms with van der Waals surface area (Å²) in [6, 6.07) is 0. The van der Waals surface area contributed by atoms with Gasteiger partial charge < -0.3 is 10.1 Å². The van der Waals surface area contributed by atoms with E-state index in [1.165, 1.54) is 21.6 Å². The molecule has 0 saturated heterocycles. The van der Waals surface area contributed by atoms with E-state index in [-0.39, 0.29) is 5.60 Å². The maximum absolute atomic E-state index is 5.90. The van der Waals surface area contributed by atoms with Gasteiger partial charge in [0.05, 0.1) is 18.8 Å². The highest BCUT2D eigenvalue weighted by molar-refractivity contribution is 7.18. The molecule has 0 radical (unpaired) electrons. The highest BCUT2D eigenvalue weighted by atomic mass is 32.1. The minimum atomic E-state index is -0.0625. The van der Waals surface area contributed by atoms with Crippen molar-refractivity contribution < 1.29 is 9.30 Å². The standard InChI is InChI=1S/C13H15N3OS/c1-13(2)5-8-9(6-17-13)18-12-10(8)11-14-3-4-16(11)7-15-12/h7H,3-6H2,1-2H3/p+1. The zero-order chi connectivity index (χ0) is 12.3. The van der Waals surface area contributed by atoms with Gasteiger partial charge in [0.15, 0.2) is 0 Å². The molecule has 4 heterocycles. The van der Waals surface area contributed by atoms with Gasteiger partial charge in [0.1, 0.15) is 11.9 Å². The van der Waals surface area contributed by atoms with E-state index in [0.29, 0.717) is 0 Å². The van der Waals surface area contributed by atoms with Crippen molar-refractivity contribution in [3.8, 4) is 0 Å². The number of hydrogen-bond acceptors (Lipinski definition) is 4. The molecule has 2 aliphatic heterocycles. The SMILES string of the molecule is CC1(C)Cc2c(sc3nc[n+]4c(c23)NCC4)CO1. The molecular weight excluding hydrogens is 246 g/mol. The summed E-state index contributed by atoms with van der Waals surface area (Å²) >= 11 is 1.78. The van der Waals surface area contributed by atoms with Crippen molar-refractivity contribution in [2.24, 2.45) is 0 Å². The van der Waals surface area contributed by atoms with Gasteiger partial charge in [0, 0.05) is 11.3 Å². The lowest BCUT2D eigenvalue weighted by molar-refractivity contribution is -0.672. The predicted molar refractivity (Wildman–Crippen MR) is 70.9 cm³/mol. The Morgan fingerprint density at radius 1 is 1.50 bits per heavy atom. The average molecular weight is 262 g/mol. The number of fused-ring (bicyclic) bond motifs is 5. The van der Waals surface area contributed by atoms with Gasteiger partial charge >= 0.3 is 0 Å². The van der Waals surface area contributed by atoms with Crippen LogP contribution < -0.4 is 9.88 Å². The van der Waals surface area contributed by atoms with Crippen molar-refractivity contribution >= 4 is 27.4 Å². The average Bonchev–Trinajstić information content (AvgIpc) is 2.89. The Hall–Kier alpha value is -1.20. The first-order valence-corrected chi connectivity index (χ1v) is 7.16. The zero-order valence-corrected chi connectivity index (χ0v) is 11.4. The van der Waals surface area contributed by atoms with Gasteiger partial charge in [-0.1, -0.05) is 4.98 Å². The highest BCUT2D eigenvalue weighted by Gasteiger charge is 2.33. The highest BCUT2D eigenvalue weighted by Crippen LogP contribution is 2.40. The molecule has 2 aromatic heterocycles. The van der Waals surface area contributed by atoms with Crippen LogP contribution in [0.3, 0.4) is 0 Å². The maximum Gasteiger partial charge on any atom is 0.233 e. The first-order chi connectivity index (χ1) is 8.64. The fourth-order valence-electron chi connectivity index (χ4n) is 2.85. The van der Waals surface area contributed by atoms with Gasteiger partial charge in [-0.3, -0.25) is 0 Å². The van der Waals surface area contributed by atoms with E-state index in [0.717, 1.165) is 30.9 Å². The van der Waals surface area contributed by atoms with E-state index < -0.39 is 0 Å². The van der Waals surface area contributed by atoms with Crippen LogP contribution in [0, 0.1) is 0 Å². The molecule has 0 spiro atoms. The third kappa shape index (κ3) is 1.40. The Bertz CT molecular complexity index is 647. The largest absolute Gasteiger partial charge is 0.370 e. The van der Waals surface area contributed by atoms with Crippen LogP contribution in [0.5, 0.6) is 0 Å². The fourth-order valence-corrected chi connectivity index (χ4v) is 3.92. The zero-order valence-electron chi connectivity index (χ0n) is 10.6. The van der Waals surface area contributed by atoms with E-state index in [1.54, 1.807) is 11.3 Å². The van der Waals surface area contributed by atoms with E-state index >= 15 is 0 Å². The number of nitrogens with zero attached hydrogens (tertiary/aromatic N) is 2. The van der Waals surface area contributed by atoms with Crippen LogP contribution in [0.1, 0.15) is 24.3 Å². The van der Waals surface area contributed by atoms with Crippen LogP contribution in [0.4, 0.5) is 5.82 Å². The molecule has 2 aliphatic rings. The van der Waals surface area contributed by atoms with Gasteiger partial charge in [0.25, 0.3) is 0 Å². The lowest BCUT2D eigenvalue weighted by Crippen LogP contribution is -2.32. The summed E-state index contributed by atoms with van der Waals surface area (Å²) in [5, 5.41) is 4.82. The second-order valence-corrected chi connectivity index (χ2v) is 6.71. The summed E-state index contributed by atoms with van der Waals surface area (Å²) in [6.07, 6.45) is 2.92. The topological polar surface area (TPSA) is 38.0 Å². The summed E-state index contributed by atoms with van der Waals surface area (Å²) < 4.78 is 8.12. The van der Waals surface area contributed by atoms with E-state index in [2.05, 4.69) is 28.7 Å². The van der Waals surface area contributed by atoms with Gasteiger partial charge in [-0.05, 0) is 19.4 Å². The first kappa shape index (κ1) is 10.7. The van der Waals surface area contributed by atoms with Crippen LogP contribution >= 0.6 is 11.3 Å². The molecular formula is C13H16N3OS+. The summed E-state index contributed by atoms with van der Waals surface area (Å²) in [7, 11) is 0. The van der Waals surface area contributed by atoms with Gasteiger partial charge in [-0.25, -0.2) is 4.57 Å². The normalized spacial score (nSPS) is 20.6. The Kier molecular flexibility index (Phi) is 2.03. The Labute approximate surface area is 110 Å². The molecule has 0 aromatic carbocycles. The van der Waals surface area contributed by atoms with Crippen molar-refractivity contribution in [2.45, 2.75) is 39.0 Å². The lowest BCUT2D eigenvalue weighted by atomic mass is 9.94. The smallest absolute Gasteiger partial charge is 0.233 e. The molecule has 1 N–H and O–H groups in total. The summed E-state index contributed by atoms with van der Waals surface area (Å²) in [6.45, 7) is 7.07. The number of ether oxygens (including phenoxy) is 1. The summed E-state index contributed by atoms with van der Waals surface area (Å²) in [5.41, 5.74) is 1.38. The summed E-state index contributed by atoms with van der Waals surface area (Å²) in [4.78, 5) is 7.08. The molecule has 0 unspecified atom stereocenters. The number of aromatic nitrogens is 2. The monoisotopic (exact) mass is 262 g/mol. The molecule has 18 heavy (non-hydrogen) atoms. The first-order valence-electron chi connectivity index (χ1n) is 6.35. The number of anilines is 1. The third-order valence-electron chi connectivity index (χ3n) is 3.75. The van der Waals surface area contributed by atoms with Crippen molar-refractivity contribution in [1.82, 2.24) is 4.98 Å². The van der Waals surface area contributed by atoms with E-state index in [9.17, 15) is 0 Å². The van der Waals surface area contributed by atoms with E-state index in [4.69, 9.17) is 4.74 Å². The van der Waals surface area contributed by atoms with Gasteiger partial charge in [-0.2, -0.15) is 0 Å². The molecule has 0 amide bonds. The third-order valence-corrected chi connectivity index (χ3v) is 4.87. The molecule has 0 aliphatic carbocycles. The van der Waals surface area contributed by atoms with Crippen molar-refractivity contribution in [3.05, 3.63) is 16.8 Å². The Balaban J connectivity index is 2.01. The minimum Gasteiger partial charge on any atom is -0.370 e. The van der Waals surface area contributed by atoms with Crippen molar-refractivity contribution in [2.75, 3.05) is 11.9 Å². The second-order valence-electron chi connectivity index (χ2n) is 5.62. The molecule has 2 aromatic rings. The number of thiophene rings is 1. The Morgan fingerprint density at radius 3 is 3.28 bits per heavy atom. The van der Waals surface area contributed by atoms with Crippen molar-refractivity contribution in [1.29, 1.82) is 0 Å². The molecule has 4 rings (SSSR count). The molecule has 4 nitrogen and oxygen atoms in total. The van der Waals surface area contributed by atoms with Gasteiger partial charge in [-0.15, -0.1) is 11.3 Å².